The number of carbonyl (C=O) groups excluding carboxylic acids is 6. The number of nitrogens with one attached hydrogen (secondary N) is 1. The Hall–Kier alpha value is -3.63. The van der Waals surface area contributed by atoms with Crippen molar-refractivity contribution in [3.05, 3.63) is 0 Å². The van der Waals surface area contributed by atoms with Gasteiger partial charge < -0.3 is 43.6 Å². The number of carbonyl (C=O) groups is 7. The van der Waals surface area contributed by atoms with Crippen LogP contribution in [0.5, 0.6) is 0 Å². The van der Waals surface area contributed by atoms with Crippen molar-refractivity contribution in [2.45, 2.75) is 83.1 Å². The smallest absolute Gasteiger partial charge is 0.374 e. The minimum atomic E-state index is -1.43. The second-order valence-electron chi connectivity index (χ2n) is 9.72. The van der Waals surface area contributed by atoms with Gasteiger partial charge in [0.25, 0.3) is 0 Å². The molecule has 0 aromatic carbocycles. The summed E-state index contributed by atoms with van der Waals surface area (Å²) >= 11 is 0. The van der Waals surface area contributed by atoms with Gasteiger partial charge in [-0.05, 0) is 39.2 Å². The second-order valence-corrected chi connectivity index (χ2v) is 9.72. The Morgan fingerprint density at radius 2 is 1.53 bits per heavy atom. The van der Waals surface area contributed by atoms with E-state index >= 15 is 0 Å². The molecule has 16 heteroatoms. The number of hydrogen-bond acceptors (Lipinski definition) is 15. The summed E-state index contributed by atoms with van der Waals surface area (Å²) in [7, 11) is 1.38. The molecule has 0 spiro atoms. The van der Waals surface area contributed by atoms with Gasteiger partial charge in [-0.3, -0.25) is 28.8 Å². The molecule has 16 nitrogen and oxygen atoms in total. The average Bonchev–Trinajstić information content (AvgIpc) is 3.46. The van der Waals surface area contributed by atoms with Gasteiger partial charge in [0.15, 0.2) is 6.10 Å². The lowest BCUT2D eigenvalue weighted by Gasteiger charge is -2.20. The van der Waals surface area contributed by atoms with Crippen LogP contribution in [0.4, 0.5) is 0 Å². The number of ketones is 1. The highest BCUT2D eigenvalue weighted by molar-refractivity contribution is 6.32. The summed E-state index contributed by atoms with van der Waals surface area (Å²) in [6.45, 7) is 2.25. The molecule has 0 bridgehead atoms. The molecule has 0 aliphatic carbocycles. The Morgan fingerprint density at radius 3 is 2.14 bits per heavy atom. The van der Waals surface area contributed by atoms with E-state index < -0.39 is 67.0 Å². The zero-order valence-corrected chi connectivity index (χ0v) is 24.7. The minimum Gasteiger partial charge on any atom is -0.481 e. The summed E-state index contributed by atoms with van der Waals surface area (Å²) < 4.78 is 35.8. The number of unbranched alkanes of at least 4 members (excludes halogenated alkanes) is 1. The Bertz CT molecular complexity index is 947. The Balaban J connectivity index is 2.35. The first-order valence-corrected chi connectivity index (χ1v) is 13.9. The summed E-state index contributed by atoms with van der Waals surface area (Å²) in [5.41, 5.74) is 0. The Morgan fingerprint density at radius 1 is 0.860 bits per heavy atom. The molecule has 0 aromatic heterocycles. The first-order chi connectivity index (χ1) is 20.4. The van der Waals surface area contributed by atoms with Gasteiger partial charge in [0.1, 0.15) is 31.3 Å². The molecule has 1 fully saturated rings. The molecular formula is C27H41NO15. The van der Waals surface area contributed by atoms with Crippen molar-refractivity contribution in [1.29, 1.82) is 0 Å². The number of carboxylic acid groups (broad SMARTS) is 1. The molecule has 1 heterocycles. The standard InChI is InChI=1S/C27H41NO15/c1-17(41-27(36)21-7-6-9-28-21)11-24(33)39-10-5-4-8-23(32)42-19(13-37-3)14-38-15-20(16-40-26(35)18(2)29)43-25(34)12-22(30)31/h17,19-21,28H,4-16H2,1-3H3,(H,30,31)/t17?,19?,20?,21-/m0/s1. The number of aliphatic carboxylic acids is 1. The van der Waals surface area contributed by atoms with Crippen LogP contribution in [0, 0.1) is 0 Å². The third-order valence-corrected chi connectivity index (χ3v) is 5.69. The minimum absolute atomic E-state index is 0.0105. The van der Waals surface area contributed by atoms with Gasteiger partial charge in [-0.25, -0.2) is 4.79 Å². The normalized spacial score (nSPS) is 16.3. The summed E-state index contributed by atoms with van der Waals surface area (Å²) in [5, 5.41) is 11.7. The number of methoxy groups -OCH3 is 1. The third kappa shape index (κ3) is 17.8. The van der Waals surface area contributed by atoms with Crippen molar-refractivity contribution in [3.63, 3.8) is 0 Å². The van der Waals surface area contributed by atoms with E-state index in [1.807, 2.05) is 0 Å². The SMILES string of the molecule is COCC(COCC(COC(=O)C(C)=O)OC(=O)CC(=O)O)OC(=O)CCCCOC(=O)CC(C)OC(=O)[C@@H]1CCCN1. The molecule has 4 atom stereocenters. The maximum absolute atomic E-state index is 12.3. The van der Waals surface area contributed by atoms with Crippen molar-refractivity contribution in [3.8, 4) is 0 Å². The van der Waals surface area contributed by atoms with E-state index in [1.165, 1.54) is 7.11 Å². The van der Waals surface area contributed by atoms with E-state index in [0.717, 1.165) is 19.9 Å². The lowest BCUT2D eigenvalue weighted by atomic mass is 10.2. The van der Waals surface area contributed by atoms with Gasteiger partial charge in [-0.1, -0.05) is 0 Å². The molecule has 3 unspecified atom stereocenters. The Kier molecular flexibility index (Phi) is 18.4. The number of ether oxygens (including phenoxy) is 7. The maximum Gasteiger partial charge on any atom is 0.374 e. The van der Waals surface area contributed by atoms with Crippen LogP contribution in [0.25, 0.3) is 0 Å². The van der Waals surface area contributed by atoms with Crippen LogP contribution in [0.3, 0.4) is 0 Å². The van der Waals surface area contributed by atoms with E-state index in [0.29, 0.717) is 19.3 Å². The second kappa shape index (κ2) is 21.1. The molecule has 1 aliphatic rings. The van der Waals surface area contributed by atoms with E-state index in [4.69, 9.17) is 38.3 Å². The number of esters is 5. The first kappa shape index (κ1) is 37.4. The number of Topliss-reactive ketones (excluding diaryl/α,β-unsaturated/α-hetero) is 1. The summed E-state index contributed by atoms with van der Waals surface area (Å²) in [6, 6.07) is -0.342. The fourth-order valence-corrected chi connectivity index (χ4v) is 3.67. The maximum atomic E-state index is 12.3. The number of carboxylic acids is 1. The molecule has 2 N–H and O–H groups in total. The molecular weight excluding hydrogens is 578 g/mol. The highest BCUT2D eigenvalue weighted by atomic mass is 16.6. The van der Waals surface area contributed by atoms with Crippen molar-refractivity contribution in [2.75, 3.05) is 46.7 Å². The number of rotatable bonds is 22. The first-order valence-electron chi connectivity index (χ1n) is 13.9. The zero-order valence-electron chi connectivity index (χ0n) is 24.7. The van der Waals surface area contributed by atoms with Crippen molar-refractivity contribution in [1.82, 2.24) is 5.32 Å². The van der Waals surface area contributed by atoms with Crippen molar-refractivity contribution < 1.29 is 71.8 Å². The van der Waals surface area contributed by atoms with Crippen molar-refractivity contribution >= 4 is 41.6 Å². The average molecular weight is 620 g/mol. The predicted molar refractivity (Wildman–Crippen MR) is 142 cm³/mol. The predicted octanol–water partition coefficient (Wildman–Crippen LogP) is -0.133. The van der Waals surface area contributed by atoms with Gasteiger partial charge >= 0.3 is 35.8 Å². The van der Waals surface area contributed by atoms with E-state index in [9.17, 15) is 33.6 Å². The molecule has 0 amide bonds. The van der Waals surface area contributed by atoms with E-state index in [-0.39, 0.29) is 51.3 Å². The van der Waals surface area contributed by atoms with Crippen LogP contribution in [0.15, 0.2) is 0 Å². The van der Waals surface area contributed by atoms with E-state index in [1.54, 1.807) is 6.92 Å². The Labute approximate surface area is 248 Å². The van der Waals surface area contributed by atoms with Gasteiger partial charge in [0, 0.05) is 20.5 Å². The van der Waals surface area contributed by atoms with Crippen molar-refractivity contribution in [2.24, 2.45) is 0 Å². The van der Waals surface area contributed by atoms with Crippen LogP contribution >= 0.6 is 0 Å². The fraction of sp³-hybridized carbons (Fsp3) is 0.741. The molecule has 43 heavy (non-hydrogen) atoms. The van der Waals surface area contributed by atoms with Gasteiger partial charge in [-0.2, -0.15) is 0 Å². The number of hydrogen-bond donors (Lipinski definition) is 2. The van der Waals surface area contributed by atoms with Crippen LogP contribution in [-0.4, -0.2) is 118 Å². The molecule has 1 saturated heterocycles. The summed E-state index contributed by atoms with van der Waals surface area (Å²) in [5.74, 6) is -6.08. The zero-order chi connectivity index (χ0) is 32.2. The van der Waals surface area contributed by atoms with Crippen LogP contribution < -0.4 is 5.32 Å². The molecule has 1 rings (SSSR count). The third-order valence-electron chi connectivity index (χ3n) is 5.69. The van der Waals surface area contributed by atoms with E-state index in [2.05, 4.69) is 5.32 Å². The lowest BCUT2D eigenvalue weighted by molar-refractivity contribution is -0.168. The van der Waals surface area contributed by atoms with Crippen LogP contribution in [0.1, 0.15) is 58.8 Å². The highest BCUT2D eigenvalue weighted by Crippen LogP contribution is 2.10. The van der Waals surface area contributed by atoms with Gasteiger partial charge in [0.05, 0.1) is 32.8 Å². The quantitative estimate of drug-likeness (QED) is 0.0530. The largest absolute Gasteiger partial charge is 0.481 e. The van der Waals surface area contributed by atoms with Gasteiger partial charge in [-0.15, -0.1) is 0 Å². The highest BCUT2D eigenvalue weighted by Gasteiger charge is 2.26. The molecule has 1 aliphatic heterocycles. The lowest BCUT2D eigenvalue weighted by Crippen LogP contribution is -2.35. The molecule has 0 aromatic rings. The van der Waals surface area contributed by atoms with Gasteiger partial charge in [0.2, 0.25) is 5.78 Å². The van der Waals surface area contributed by atoms with Crippen LogP contribution in [-0.2, 0) is 66.7 Å². The molecule has 244 valence electrons. The summed E-state index contributed by atoms with van der Waals surface area (Å²) in [4.78, 5) is 81.1. The topological polar surface area (TPSA) is 216 Å². The molecule has 0 saturated carbocycles. The fourth-order valence-electron chi connectivity index (χ4n) is 3.67. The van der Waals surface area contributed by atoms with Crippen LogP contribution in [0.2, 0.25) is 0 Å². The molecule has 0 radical (unpaired) electrons. The monoisotopic (exact) mass is 619 g/mol. The summed E-state index contributed by atoms with van der Waals surface area (Å²) in [6.07, 6.45) is -1.38.